The van der Waals surface area contributed by atoms with Gasteiger partial charge in [0.2, 0.25) is 5.91 Å². The van der Waals surface area contributed by atoms with Gasteiger partial charge in [0.1, 0.15) is 12.4 Å². The van der Waals surface area contributed by atoms with E-state index in [4.69, 9.17) is 4.74 Å². The molecule has 24 heavy (non-hydrogen) atoms. The highest BCUT2D eigenvalue weighted by atomic mass is 32.1. The van der Waals surface area contributed by atoms with Gasteiger partial charge in [-0.05, 0) is 31.9 Å². The third-order valence-corrected chi connectivity index (χ3v) is 4.53. The Morgan fingerprint density at radius 2 is 2.08 bits per heavy atom. The standard InChI is InChI=1S/C19H24N2O2S/c1-4-16(5-2)21-19(22)11-10-15-8-6-7-9-18(15)23-12-17-13-24-14(3)20-17/h6-11,13,16H,4-5,12H2,1-3H3,(H,21,22)/b11-10+. The molecular formula is C19H24N2O2S. The van der Waals surface area contributed by atoms with E-state index >= 15 is 0 Å². The zero-order valence-corrected chi connectivity index (χ0v) is 15.2. The summed E-state index contributed by atoms with van der Waals surface area (Å²) in [6.45, 7) is 6.54. The monoisotopic (exact) mass is 344 g/mol. The number of benzene rings is 1. The minimum atomic E-state index is -0.0753. The maximum atomic E-state index is 12.0. The third-order valence-electron chi connectivity index (χ3n) is 3.71. The molecular weight excluding hydrogens is 320 g/mol. The quantitative estimate of drug-likeness (QED) is 0.724. The summed E-state index contributed by atoms with van der Waals surface area (Å²) in [7, 11) is 0. The van der Waals surface area contributed by atoms with E-state index in [1.165, 1.54) is 0 Å². The molecule has 0 radical (unpaired) electrons. The van der Waals surface area contributed by atoms with Gasteiger partial charge in [-0.3, -0.25) is 4.79 Å². The van der Waals surface area contributed by atoms with Crippen LogP contribution in [0.25, 0.3) is 6.08 Å². The van der Waals surface area contributed by atoms with E-state index in [-0.39, 0.29) is 11.9 Å². The molecule has 0 aliphatic rings. The summed E-state index contributed by atoms with van der Waals surface area (Å²) in [6, 6.07) is 7.91. The molecule has 0 fully saturated rings. The number of hydrogen-bond donors (Lipinski definition) is 1. The summed E-state index contributed by atoms with van der Waals surface area (Å²) in [5.41, 5.74) is 1.80. The fourth-order valence-corrected chi connectivity index (χ4v) is 2.88. The molecule has 1 heterocycles. The molecule has 0 unspecified atom stereocenters. The van der Waals surface area contributed by atoms with Gasteiger partial charge in [-0.15, -0.1) is 11.3 Å². The number of para-hydroxylation sites is 1. The number of aromatic nitrogens is 1. The lowest BCUT2D eigenvalue weighted by Gasteiger charge is -2.12. The first-order chi connectivity index (χ1) is 11.6. The maximum Gasteiger partial charge on any atom is 0.244 e. The van der Waals surface area contributed by atoms with Crippen molar-refractivity contribution >= 4 is 23.3 Å². The number of hydrogen-bond acceptors (Lipinski definition) is 4. The molecule has 0 aliphatic heterocycles. The summed E-state index contributed by atoms with van der Waals surface area (Å²) in [5.74, 6) is 0.670. The maximum absolute atomic E-state index is 12.0. The van der Waals surface area contributed by atoms with Crippen LogP contribution < -0.4 is 10.1 Å². The summed E-state index contributed by atoms with van der Waals surface area (Å²) in [4.78, 5) is 16.4. The lowest BCUT2D eigenvalue weighted by Crippen LogP contribution is -2.32. The number of ether oxygens (including phenoxy) is 1. The Morgan fingerprint density at radius 1 is 1.33 bits per heavy atom. The molecule has 0 bridgehead atoms. The molecule has 128 valence electrons. The first kappa shape index (κ1) is 18.2. The van der Waals surface area contributed by atoms with Crippen LogP contribution in [0.4, 0.5) is 0 Å². The van der Waals surface area contributed by atoms with Crippen LogP contribution in [0, 0.1) is 6.92 Å². The number of carbonyl (C=O) groups excluding carboxylic acids is 1. The second-order valence-corrected chi connectivity index (χ2v) is 6.60. The number of rotatable bonds is 8. The van der Waals surface area contributed by atoms with Gasteiger partial charge >= 0.3 is 0 Å². The topological polar surface area (TPSA) is 51.2 Å². The summed E-state index contributed by atoms with van der Waals surface area (Å²) >= 11 is 1.61. The molecule has 1 aromatic heterocycles. The summed E-state index contributed by atoms with van der Waals surface area (Å²) in [6.07, 6.45) is 5.22. The van der Waals surface area contributed by atoms with E-state index in [2.05, 4.69) is 24.1 Å². The molecule has 1 amide bonds. The van der Waals surface area contributed by atoms with Gasteiger partial charge in [0.05, 0.1) is 10.7 Å². The average molecular weight is 344 g/mol. The number of aryl methyl sites for hydroxylation is 1. The first-order valence-electron chi connectivity index (χ1n) is 8.23. The molecule has 2 aromatic rings. The van der Waals surface area contributed by atoms with Crippen molar-refractivity contribution in [2.75, 3.05) is 0 Å². The lowest BCUT2D eigenvalue weighted by molar-refractivity contribution is -0.117. The number of carbonyl (C=O) groups is 1. The Balaban J connectivity index is 2.00. The predicted octanol–water partition coefficient (Wildman–Crippen LogP) is 4.35. The van der Waals surface area contributed by atoms with Crippen LogP contribution in [0.2, 0.25) is 0 Å². The van der Waals surface area contributed by atoms with Crippen LogP contribution in [0.1, 0.15) is 43.0 Å². The molecule has 1 N–H and O–H groups in total. The van der Waals surface area contributed by atoms with E-state index in [9.17, 15) is 4.79 Å². The van der Waals surface area contributed by atoms with Gasteiger partial charge in [-0.2, -0.15) is 0 Å². The zero-order chi connectivity index (χ0) is 17.4. The fourth-order valence-electron chi connectivity index (χ4n) is 2.28. The molecule has 1 aromatic carbocycles. The van der Waals surface area contributed by atoms with E-state index < -0.39 is 0 Å². The van der Waals surface area contributed by atoms with Gasteiger partial charge in [-0.25, -0.2) is 4.98 Å². The van der Waals surface area contributed by atoms with Crippen LogP contribution in [-0.4, -0.2) is 16.9 Å². The Hall–Kier alpha value is -2.14. The smallest absolute Gasteiger partial charge is 0.244 e. The van der Waals surface area contributed by atoms with Gasteiger partial charge in [0.25, 0.3) is 0 Å². The van der Waals surface area contributed by atoms with E-state index in [0.29, 0.717) is 6.61 Å². The normalized spacial score (nSPS) is 11.2. The average Bonchev–Trinajstić information content (AvgIpc) is 3.02. The number of nitrogens with zero attached hydrogens (tertiary/aromatic N) is 1. The summed E-state index contributed by atoms with van der Waals surface area (Å²) in [5, 5.41) is 6.02. The molecule has 0 saturated heterocycles. The van der Waals surface area contributed by atoms with Crippen molar-refractivity contribution in [3.63, 3.8) is 0 Å². The van der Waals surface area contributed by atoms with Crippen LogP contribution in [-0.2, 0) is 11.4 Å². The highest BCUT2D eigenvalue weighted by Gasteiger charge is 2.06. The fraction of sp³-hybridized carbons (Fsp3) is 0.368. The van der Waals surface area contributed by atoms with Crippen LogP contribution in [0.15, 0.2) is 35.7 Å². The molecule has 4 nitrogen and oxygen atoms in total. The van der Waals surface area contributed by atoms with Crippen LogP contribution >= 0.6 is 11.3 Å². The Labute approximate surface area is 147 Å². The molecule has 2 rings (SSSR count). The highest BCUT2D eigenvalue weighted by Crippen LogP contribution is 2.21. The third kappa shape index (κ3) is 5.49. The zero-order valence-electron chi connectivity index (χ0n) is 14.4. The van der Waals surface area contributed by atoms with Crippen molar-refractivity contribution in [3.8, 4) is 5.75 Å². The van der Waals surface area contributed by atoms with Crippen molar-refractivity contribution in [3.05, 3.63) is 52.0 Å². The molecule has 5 heteroatoms. The minimum Gasteiger partial charge on any atom is -0.487 e. The van der Waals surface area contributed by atoms with Crippen LogP contribution in [0.3, 0.4) is 0 Å². The molecule has 0 saturated carbocycles. The van der Waals surface area contributed by atoms with Crippen molar-refractivity contribution in [1.29, 1.82) is 0 Å². The van der Waals surface area contributed by atoms with Crippen molar-refractivity contribution in [2.24, 2.45) is 0 Å². The highest BCUT2D eigenvalue weighted by molar-refractivity contribution is 7.09. The second-order valence-electron chi connectivity index (χ2n) is 5.54. The Morgan fingerprint density at radius 3 is 2.75 bits per heavy atom. The molecule has 0 atom stereocenters. The van der Waals surface area contributed by atoms with Gasteiger partial charge in [0.15, 0.2) is 0 Å². The SMILES string of the molecule is CCC(CC)NC(=O)/C=C/c1ccccc1OCc1csc(C)n1. The van der Waals surface area contributed by atoms with Gasteiger partial charge < -0.3 is 10.1 Å². The number of thiazole rings is 1. The van der Waals surface area contributed by atoms with E-state index in [1.807, 2.05) is 36.6 Å². The van der Waals surface area contributed by atoms with E-state index in [1.54, 1.807) is 23.5 Å². The second kappa shape index (κ2) is 9.23. The largest absolute Gasteiger partial charge is 0.487 e. The lowest BCUT2D eigenvalue weighted by atomic mass is 10.1. The van der Waals surface area contributed by atoms with Gasteiger partial charge in [-0.1, -0.05) is 32.0 Å². The number of amides is 1. The van der Waals surface area contributed by atoms with Crippen molar-refractivity contribution in [2.45, 2.75) is 46.3 Å². The number of nitrogens with one attached hydrogen (secondary N) is 1. The first-order valence-corrected chi connectivity index (χ1v) is 9.11. The minimum absolute atomic E-state index is 0.0753. The van der Waals surface area contributed by atoms with E-state index in [0.717, 1.165) is 34.9 Å². The van der Waals surface area contributed by atoms with Crippen molar-refractivity contribution in [1.82, 2.24) is 10.3 Å². The Bertz CT molecular complexity index is 690. The Kier molecular flexibility index (Phi) is 7.00. The predicted molar refractivity (Wildman–Crippen MR) is 99.2 cm³/mol. The molecule has 0 aliphatic carbocycles. The van der Waals surface area contributed by atoms with Crippen molar-refractivity contribution < 1.29 is 9.53 Å². The van der Waals surface area contributed by atoms with Crippen LogP contribution in [0.5, 0.6) is 5.75 Å². The molecule has 0 spiro atoms. The van der Waals surface area contributed by atoms with Gasteiger partial charge in [0, 0.05) is 23.1 Å². The summed E-state index contributed by atoms with van der Waals surface area (Å²) < 4.78 is 5.85.